The molecule has 1 amide bonds. The highest BCUT2D eigenvalue weighted by molar-refractivity contribution is 7.89. The lowest BCUT2D eigenvalue weighted by Gasteiger charge is -2.19. The lowest BCUT2D eigenvalue weighted by molar-refractivity contribution is 0.0997. The number of sulfonamides is 1. The molecule has 0 radical (unpaired) electrons. The first-order valence-electron chi connectivity index (χ1n) is 8.91. The minimum Gasteiger partial charge on any atom is -0.451 e. The van der Waals surface area contributed by atoms with Gasteiger partial charge in [0.05, 0.1) is 10.4 Å². The molecular weight excluding hydrogens is 416 g/mol. The molecule has 0 saturated carbocycles. The number of hydrogen-bond acceptors (Lipinski definition) is 5. The molecule has 0 saturated heterocycles. The normalized spacial score (nSPS) is 11.7. The Bertz CT molecular complexity index is 1230. The van der Waals surface area contributed by atoms with Gasteiger partial charge in [0.2, 0.25) is 10.0 Å². The zero-order chi connectivity index (χ0) is 21.2. The molecule has 29 heavy (non-hydrogen) atoms. The first kappa shape index (κ1) is 21.0. The van der Waals surface area contributed by atoms with Crippen molar-refractivity contribution < 1.29 is 17.6 Å². The number of rotatable bonds is 6. The lowest BCUT2D eigenvalue weighted by atomic mass is 10.2. The number of carbonyl (C=O) groups is 1. The molecule has 0 atom stereocenters. The van der Waals surface area contributed by atoms with E-state index in [1.54, 1.807) is 38.1 Å². The van der Waals surface area contributed by atoms with Gasteiger partial charge in [-0.15, -0.1) is 0 Å². The van der Waals surface area contributed by atoms with Gasteiger partial charge in [-0.3, -0.25) is 9.59 Å². The van der Waals surface area contributed by atoms with Crippen LogP contribution in [-0.2, 0) is 10.0 Å². The summed E-state index contributed by atoms with van der Waals surface area (Å²) in [4.78, 5) is 24.6. The maximum absolute atomic E-state index is 12.8. The van der Waals surface area contributed by atoms with E-state index in [1.165, 1.54) is 22.5 Å². The van der Waals surface area contributed by atoms with Gasteiger partial charge in [0.25, 0.3) is 5.91 Å². The van der Waals surface area contributed by atoms with Crippen LogP contribution in [0.4, 0.5) is 5.69 Å². The second-order valence-corrected chi connectivity index (χ2v) is 8.47. The summed E-state index contributed by atoms with van der Waals surface area (Å²) >= 11 is 6.10. The number of nitrogens with one attached hydrogen (secondary N) is 1. The molecule has 0 unspecified atom stereocenters. The van der Waals surface area contributed by atoms with Crippen LogP contribution in [0.2, 0.25) is 5.02 Å². The summed E-state index contributed by atoms with van der Waals surface area (Å²) in [5, 5.41) is 2.96. The Morgan fingerprint density at radius 2 is 1.79 bits per heavy atom. The number of para-hydroxylation sites is 1. The third-order valence-electron chi connectivity index (χ3n) is 4.37. The standard InChI is InChI=1S/C20H19ClN2O5S/c1-3-23(4-2)29(26,27)19-11-13(9-10-15(19)21)22-20(25)18-12-16(24)14-7-5-6-8-17(14)28-18/h5-12H,3-4H2,1-2H3,(H,22,25). The molecule has 3 rings (SSSR count). The number of anilines is 1. The van der Waals surface area contributed by atoms with Gasteiger partial charge in [0.15, 0.2) is 11.2 Å². The fourth-order valence-corrected chi connectivity index (χ4v) is 4.85. The van der Waals surface area contributed by atoms with Crippen LogP contribution in [-0.4, -0.2) is 31.7 Å². The van der Waals surface area contributed by atoms with E-state index in [4.69, 9.17) is 16.0 Å². The molecular formula is C20H19ClN2O5S. The Balaban J connectivity index is 1.95. The van der Waals surface area contributed by atoms with E-state index < -0.39 is 15.9 Å². The van der Waals surface area contributed by atoms with Crippen molar-refractivity contribution in [2.45, 2.75) is 18.7 Å². The van der Waals surface area contributed by atoms with Gasteiger partial charge in [0, 0.05) is 24.8 Å². The van der Waals surface area contributed by atoms with Crippen LogP contribution in [0.5, 0.6) is 0 Å². The van der Waals surface area contributed by atoms with Gasteiger partial charge in [-0.25, -0.2) is 8.42 Å². The predicted molar refractivity (Wildman–Crippen MR) is 112 cm³/mol. The van der Waals surface area contributed by atoms with Crippen molar-refractivity contribution in [3.8, 4) is 0 Å². The molecule has 0 aliphatic carbocycles. The van der Waals surface area contributed by atoms with Crippen LogP contribution < -0.4 is 10.7 Å². The van der Waals surface area contributed by atoms with Crippen molar-refractivity contribution in [2.75, 3.05) is 18.4 Å². The molecule has 2 aromatic carbocycles. The SMILES string of the molecule is CCN(CC)S(=O)(=O)c1cc(NC(=O)c2cc(=O)c3ccccc3o2)ccc1Cl. The fraction of sp³-hybridized carbons (Fsp3) is 0.200. The van der Waals surface area contributed by atoms with Gasteiger partial charge >= 0.3 is 0 Å². The smallest absolute Gasteiger partial charge is 0.291 e. The molecule has 9 heteroatoms. The van der Waals surface area contributed by atoms with E-state index in [1.807, 2.05) is 0 Å². The number of halogens is 1. The van der Waals surface area contributed by atoms with E-state index in [0.29, 0.717) is 5.39 Å². The predicted octanol–water partition coefficient (Wildman–Crippen LogP) is 3.73. The van der Waals surface area contributed by atoms with Crippen molar-refractivity contribution in [3.63, 3.8) is 0 Å². The van der Waals surface area contributed by atoms with E-state index in [0.717, 1.165) is 6.07 Å². The summed E-state index contributed by atoms with van der Waals surface area (Å²) in [6, 6.07) is 11.8. The maximum Gasteiger partial charge on any atom is 0.291 e. The van der Waals surface area contributed by atoms with Gasteiger partial charge < -0.3 is 9.73 Å². The highest BCUT2D eigenvalue weighted by Crippen LogP contribution is 2.28. The maximum atomic E-state index is 12.8. The third-order valence-corrected chi connectivity index (χ3v) is 6.90. The quantitative estimate of drug-likeness (QED) is 0.637. The molecule has 1 N–H and O–H groups in total. The number of amides is 1. The monoisotopic (exact) mass is 434 g/mol. The highest BCUT2D eigenvalue weighted by Gasteiger charge is 2.25. The largest absolute Gasteiger partial charge is 0.451 e. The summed E-state index contributed by atoms with van der Waals surface area (Å²) in [5.41, 5.74) is 0.143. The van der Waals surface area contributed by atoms with Crippen LogP contribution in [0.3, 0.4) is 0 Å². The van der Waals surface area contributed by atoms with Gasteiger partial charge in [0.1, 0.15) is 10.5 Å². The molecule has 1 heterocycles. The molecule has 0 spiro atoms. The topological polar surface area (TPSA) is 96.7 Å². The van der Waals surface area contributed by atoms with E-state index >= 15 is 0 Å². The first-order valence-corrected chi connectivity index (χ1v) is 10.7. The molecule has 0 bridgehead atoms. The van der Waals surface area contributed by atoms with Gasteiger partial charge in [-0.05, 0) is 30.3 Å². The van der Waals surface area contributed by atoms with Crippen LogP contribution in [0.25, 0.3) is 11.0 Å². The number of fused-ring (bicyclic) bond motifs is 1. The van der Waals surface area contributed by atoms with Gasteiger partial charge in [-0.2, -0.15) is 4.31 Å². The first-order chi connectivity index (χ1) is 13.8. The van der Waals surface area contributed by atoms with E-state index in [9.17, 15) is 18.0 Å². The van der Waals surface area contributed by atoms with Crippen LogP contribution in [0, 0.1) is 0 Å². The molecule has 0 aliphatic rings. The number of benzene rings is 2. The summed E-state index contributed by atoms with van der Waals surface area (Å²) in [6.45, 7) is 4.02. The number of nitrogens with zero attached hydrogens (tertiary/aromatic N) is 1. The average Bonchev–Trinajstić information content (AvgIpc) is 2.70. The molecule has 0 fully saturated rings. The molecule has 3 aromatic rings. The third kappa shape index (κ3) is 4.19. The Hall–Kier alpha value is -2.68. The zero-order valence-electron chi connectivity index (χ0n) is 15.8. The van der Waals surface area contributed by atoms with Crippen molar-refractivity contribution in [1.29, 1.82) is 0 Å². The van der Waals surface area contributed by atoms with E-state index in [2.05, 4.69) is 5.32 Å². The Morgan fingerprint density at radius 3 is 2.48 bits per heavy atom. The van der Waals surface area contributed by atoms with Crippen molar-refractivity contribution in [3.05, 3.63) is 69.5 Å². The highest BCUT2D eigenvalue weighted by atomic mass is 35.5. The molecule has 7 nitrogen and oxygen atoms in total. The molecule has 0 aliphatic heterocycles. The summed E-state index contributed by atoms with van der Waals surface area (Å²) in [6.07, 6.45) is 0. The lowest BCUT2D eigenvalue weighted by Crippen LogP contribution is -2.30. The zero-order valence-corrected chi connectivity index (χ0v) is 17.4. The summed E-state index contributed by atoms with van der Waals surface area (Å²) in [5.74, 6) is -0.863. The Labute approximate surface area is 172 Å². The Kier molecular flexibility index (Phi) is 6.07. The summed E-state index contributed by atoms with van der Waals surface area (Å²) in [7, 11) is -3.81. The van der Waals surface area contributed by atoms with Crippen molar-refractivity contribution >= 4 is 44.2 Å². The molecule has 152 valence electrons. The summed E-state index contributed by atoms with van der Waals surface area (Å²) < 4.78 is 32.3. The van der Waals surface area contributed by atoms with Crippen LogP contribution in [0.15, 0.2) is 62.6 Å². The second kappa shape index (κ2) is 8.36. The minimum atomic E-state index is -3.81. The Morgan fingerprint density at radius 1 is 1.10 bits per heavy atom. The second-order valence-electron chi connectivity index (χ2n) is 6.16. The fourth-order valence-electron chi connectivity index (χ4n) is 2.89. The van der Waals surface area contributed by atoms with E-state index in [-0.39, 0.29) is 45.5 Å². The minimum absolute atomic E-state index is 0.0483. The van der Waals surface area contributed by atoms with Gasteiger partial charge in [-0.1, -0.05) is 37.6 Å². The van der Waals surface area contributed by atoms with Crippen molar-refractivity contribution in [1.82, 2.24) is 4.31 Å². The molecule has 1 aromatic heterocycles. The number of hydrogen-bond donors (Lipinski definition) is 1. The van der Waals surface area contributed by atoms with Crippen LogP contribution >= 0.6 is 11.6 Å². The average molecular weight is 435 g/mol. The van der Waals surface area contributed by atoms with Crippen molar-refractivity contribution in [2.24, 2.45) is 0 Å². The number of carbonyl (C=O) groups excluding carboxylic acids is 1. The van der Waals surface area contributed by atoms with Crippen LogP contribution in [0.1, 0.15) is 24.4 Å².